The Kier molecular flexibility index (Phi) is 6.53. The standard InChI is InChI=1S/C17H34S/c1-9-15(3,4)16(5,6)13-14(2)11-10-12-17(7,8)18/h18H,2,9-13H2,1,3-8H3. The van der Waals surface area contributed by atoms with Gasteiger partial charge in [-0.05, 0) is 36.5 Å². The summed E-state index contributed by atoms with van der Waals surface area (Å²) in [5, 5.41) is 0. The third kappa shape index (κ3) is 6.31. The highest BCUT2D eigenvalue weighted by molar-refractivity contribution is 7.81. The fraction of sp³-hybridized carbons (Fsp3) is 0.882. The molecule has 0 radical (unpaired) electrons. The van der Waals surface area contributed by atoms with E-state index in [1.54, 1.807) is 0 Å². The number of hydrogen-bond donors (Lipinski definition) is 1. The molecule has 0 aromatic carbocycles. The van der Waals surface area contributed by atoms with E-state index in [1.807, 2.05) is 0 Å². The lowest BCUT2D eigenvalue weighted by Gasteiger charge is -2.42. The monoisotopic (exact) mass is 270 g/mol. The van der Waals surface area contributed by atoms with Gasteiger partial charge in [0.25, 0.3) is 0 Å². The molecule has 0 aromatic heterocycles. The zero-order valence-corrected chi connectivity index (χ0v) is 14.6. The van der Waals surface area contributed by atoms with Crippen LogP contribution in [0.25, 0.3) is 0 Å². The number of thiol groups is 1. The number of allylic oxidation sites excluding steroid dienone is 1. The minimum Gasteiger partial charge on any atom is -0.173 e. The van der Waals surface area contributed by atoms with Gasteiger partial charge in [0.15, 0.2) is 0 Å². The van der Waals surface area contributed by atoms with Crippen LogP contribution < -0.4 is 0 Å². The smallest absolute Gasteiger partial charge is 0.00732 e. The normalized spacial score (nSPS) is 13.8. The maximum absolute atomic E-state index is 4.57. The van der Waals surface area contributed by atoms with E-state index in [2.05, 4.69) is 67.7 Å². The molecule has 0 spiro atoms. The predicted molar refractivity (Wildman–Crippen MR) is 88.5 cm³/mol. The van der Waals surface area contributed by atoms with Crippen molar-refractivity contribution in [3.8, 4) is 0 Å². The molecule has 0 aliphatic carbocycles. The second-order valence-corrected chi connectivity index (χ2v) is 8.92. The molecule has 0 N–H and O–H groups in total. The first kappa shape index (κ1) is 18.1. The van der Waals surface area contributed by atoms with Gasteiger partial charge in [-0.15, -0.1) is 0 Å². The van der Waals surface area contributed by atoms with Crippen molar-refractivity contribution >= 4 is 12.6 Å². The fourth-order valence-electron chi connectivity index (χ4n) is 2.20. The second-order valence-electron chi connectivity index (χ2n) is 7.71. The minimum absolute atomic E-state index is 0.151. The van der Waals surface area contributed by atoms with Crippen molar-refractivity contribution in [1.29, 1.82) is 0 Å². The highest BCUT2D eigenvalue weighted by Gasteiger charge is 2.35. The molecule has 1 heteroatoms. The van der Waals surface area contributed by atoms with Crippen LogP contribution >= 0.6 is 12.6 Å². The largest absolute Gasteiger partial charge is 0.173 e. The van der Waals surface area contributed by atoms with E-state index < -0.39 is 0 Å². The molecule has 0 aromatic rings. The molecule has 0 amide bonds. The SMILES string of the molecule is C=C(CCCC(C)(C)S)CC(C)(C)C(C)(C)CC. The Morgan fingerprint density at radius 1 is 1.00 bits per heavy atom. The quantitative estimate of drug-likeness (QED) is 0.390. The van der Waals surface area contributed by atoms with E-state index in [0.29, 0.717) is 10.8 Å². The molecule has 0 bridgehead atoms. The Morgan fingerprint density at radius 2 is 1.50 bits per heavy atom. The summed E-state index contributed by atoms with van der Waals surface area (Å²) < 4.78 is 0.151. The Balaban J connectivity index is 4.24. The zero-order chi connectivity index (χ0) is 14.6. The van der Waals surface area contributed by atoms with Crippen molar-refractivity contribution in [2.75, 3.05) is 0 Å². The molecule has 108 valence electrons. The van der Waals surface area contributed by atoms with Crippen LogP contribution in [0.1, 0.15) is 80.6 Å². The average Bonchev–Trinajstić information content (AvgIpc) is 2.14. The Hall–Kier alpha value is 0.0900. The van der Waals surface area contributed by atoms with E-state index in [9.17, 15) is 0 Å². The van der Waals surface area contributed by atoms with Crippen LogP contribution in [0.15, 0.2) is 12.2 Å². The zero-order valence-electron chi connectivity index (χ0n) is 13.7. The Morgan fingerprint density at radius 3 is 1.89 bits per heavy atom. The summed E-state index contributed by atoms with van der Waals surface area (Å²) in [5.41, 5.74) is 2.10. The molecule has 0 unspecified atom stereocenters. The van der Waals surface area contributed by atoms with E-state index >= 15 is 0 Å². The van der Waals surface area contributed by atoms with Crippen molar-refractivity contribution in [3.05, 3.63) is 12.2 Å². The molecule has 0 saturated carbocycles. The van der Waals surface area contributed by atoms with Crippen LogP contribution in [0.2, 0.25) is 0 Å². The molecular formula is C17H34S. The van der Waals surface area contributed by atoms with Gasteiger partial charge in [-0.25, -0.2) is 0 Å². The molecule has 0 fully saturated rings. The van der Waals surface area contributed by atoms with Gasteiger partial charge >= 0.3 is 0 Å². The van der Waals surface area contributed by atoms with Crippen molar-refractivity contribution < 1.29 is 0 Å². The second kappa shape index (κ2) is 6.50. The number of rotatable bonds is 8. The van der Waals surface area contributed by atoms with Gasteiger partial charge in [0.05, 0.1) is 0 Å². The summed E-state index contributed by atoms with van der Waals surface area (Å²) in [4.78, 5) is 0. The molecule has 0 nitrogen and oxygen atoms in total. The van der Waals surface area contributed by atoms with Gasteiger partial charge in [-0.1, -0.05) is 67.0 Å². The molecular weight excluding hydrogens is 236 g/mol. The molecule has 0 aliphatic rings. The minimum atomic E-state index is 0.151. The first-order valence-corrected chi connectivity index (χ1v) is 7.75. The molecule has 0 heterocycles. The summed E-state index contributed by atoms with van der Waals surface area (Å²) in [6.07, 6.45) is 5.87. The van der Waals surface area contributed by atoms with Gasteiger partial charge < -0.3 is 0 Å². The summed E-state index contributed by atoms with van der Waals surface area (Å²) in [7, 11) is 0. The van der Waals surface area contributed by atoms with E-state index in [1.165, 1.54) is 18.4 Å². The van der Waals surface area contributed by atoms with E-state index in [4.69, 9.17) is 0 Å². The lowest BCUT2D eigenvalue weighted by Crippen LogP contribution is -2.32. The van der Waals surface area contributed by atoms with Crippen molar-refractivity contribution in [2.24, 2.45) is 10.8 Å². The first-order valence-electron chi connectivity index (χ1n) is 7.30. The number of hydrogen-bond acceptors (Lipinski definition) is 1. The van der Waals surface area contributed by atoms with Crippen LogP contribution in [-0.2, 0) is 0 Å². The van der Waals surface area contributed by atoms with Gasteiger partial charge in [0, 0.05) is 4.75 Å². The van der Waals surface area contributed by atoms with Gasteiger partial charge in [-0.2, -0.15) is 12.6 Å². The summed E-state index contributed by atoms with van der Waals surface area (Å²) in [5.74, 6) is 0. The van der Waals surface area contributed by atoms with Gasteiger partial charge in [-0.3, -0.25) is 0 Å². The van der Waals surface area contributed by atoms with Crippen molar-refractivity contribution in [3.63, 3.8) is 0 Å². The summed E-state index contributed by atoms with van der Waals surface area (Å²) in [6, 6.07) is 0. The average molecular weight is 271 g/mol. The first-order chi connectivity index (χ1) is 7.91. The highest BCUT2D eigenvalue weighted by atomic mass is 32.1. The van der Waals surface area contributed by atoms with Crippen molar-refractivity contribution in [1.82, 2.24) is 0 Å². The van der Waals surface area contributed by atoms with Crippen LogP contribution in [0.5, 0.6) is 0 Å². The summed E-state index contributed by atoms with van der Waals surface area (Å²) >= 11 is 4.57. The predicted octanol–water partition coefficient (Wildman–Crippen LogP) is 6.27. The lowest BCUT2D eigenvalue weighted by molar-refractivity contribution is 0.104. The third-order valence-corrected chi connectivity index (χ3v) is 4.95. The third-order valence-electron chi connectivity index (χ3n) is 4.73. The topological polar surface area (TPSA) is 0 Å². The molecule has 0 aliphatic heterocycles. The van der Waals surface area contributed by atoms with Crippen LogP contribution in [0.4, 0.5) is 0 Å². The maximum Gasteiger partial charge on any atom is 0.00732 e. The van der Waals surface area contributed by atoms with E-state index in [-0.39, 0.29) is 4.75 Å². The van der Waals surface area contributed by atoms with Crippen LogP contribution in [0, 0.1) is 10.8 Å². The molecule has 18 heavy (non-hydrogen) atoms. The van der Waals surface area contributed by atoms with Gasteiger partial charge in [0.2, 0.25) is 0 Å². The highest BCUT2D eigenvalue weighted by Crippen LogP contribution is 2.45. The fourth-order valence-corrected chi connectivity index (χ4v) is 2.36. The molecule has 0 rings (SSSR count). The lowest BCUT2D eigenvalue weighted by atomic mass is 9.63. The maximum atomic E-state index is 4.57. The van der Waals surface area contributed by atoms with Crippen LogP contribution in [-0.4, -0.2) is 4.75 Å². The Labute approximate surface area is 121 Å². The molecule has 0 atom stereocenters. The molecule has 0 saturated heterocycles. The Bertz CT molecular complexity index is 266. The van der Waals surface area contributed by atoms with Crippen LogP contribution in [0.3, 0.4) is 0 Å². The van der Waals surface area contributed by atoms with Crippen molar-refractivity contribution in [2.45, 2.75) is 85.3 Å². The summed E-state index contributed by atoms with van der Waals surface area (Å²) in [6.45, 7) is 20.4. The van der Waals surface area contributed by atoms with E-state index in [0.717, 1.165) is 19.3 Å². The van der Waals surface area contributed by atoms with Gasteiger partial charge in [0.1, 0.15) is 0 Å².